The monoisotopic (exact) mass is 457 g/mol. The maximum Gasteiger partial charge on any atom is 0.416 e. The first-order chi connectivity index (χ1) is 14.5. The lowest BCUT2D eigenvalue weighted by atomic mass is 10.1. The van der Waals surface area contributed by atoms with Crippen molar-refractivity contribution in [1.82, 2.24) is 9.21 Å². The van der Waals surface area contributed by atoms with Crippen molar-refractivity contribution in [3.05, 3.63) is 69.8 Å². The van der Waals surface area contributed by atoms with Gasteiger partial charge in [-0.1, -0.05) is 24.3 Å². The Labute approximate surface area is 176 Å². The number of hydrogen-bond acceptors (Lipinski definition) is 5. The number of rotatable bonds is 5. The van der Waals surface area contributed by atoms with Gasteiger partial charge in [0.2, 0.25) is 15.9 Å². The Morgan fingerprint density at radius 1 is 1.03 bits per heavy atom. The third-order valence-corrected chi connectivity index (χ3v) is 6.82. The van der Waals surface area contributed by atoms with Crippen LogP contribution in [0.2, 0.25) is 0 Å². The molecule has 166 valence electrons. The number of hydrogen-bond donors (Lipinski definition) is 0. The quantitative estimate of drug-likeness (QED) is 0.508. The van der Waals surface area contributed by atoms with Crippen molar-refractivity contribution in [1.29, 1.82) is 0 Å². The van der Waals surface area contributed by atoms with Gasteiger partial charge in [0.1, 0.15) is 0 Å². The van der Waals surface area contributed by atoms with E-state index in [1.165, 1.54) is 23.1 Å². The standard InChI is InChI=1S/C19H18F3N3O5S/c20-19(21,22)15-5-3-6-16(13-15)31(29,30)24-10-8-23(9-11-24)18(26)12-14-4-1-2-7-17(14)25(27)28/h1-7,13H,8-12H2. The van der Waals surface area contributed by atoms with E-state index in [-0.39, 0.29) is 43.9 Å². The second-order valence-electron chi connectivity index (χ2n) is 6.87. The van der Waals surface area contributed by atoms with Crippen LogP contribution in [0.5, 0.6) is 0 Å². The van der Waals surface area contributed by atoms with Gasteiger partial charge in [0.15, 0.2) is 0 Å². The summed E-state index contributed by atoms with van der Waals surface area (Å²) in [5, 5.41) is 11.1. The number of carbonyl (C=O) groups excluding carboxylic acids is 1. The first kappa shape index (κ1) is 22.7. The van der Waals surface area contributed by atoms with Gasteiger partial charge in [-0.2, -0.15) is 17.5 Å². The van der Waals surface area contributed by atoms with Crippen LogP contribution in [0.3, 0.4) is 0 Å². The molecule has 1 fully saturated rings. The predicted octanol–water partition coefficient (Wildman–Crippen LogP) is 2.69. The van der Waals surface area contributed by atoms with Crippen LogP contribution in [0.1, 0.15) is 11.1 Å². The molecule has 0 saturated carbocycles. The van der Waals surface area contributed by atoms with Gasteiger partial charge in [-0.3, -0.25) is 14.9 Å². The van der Waals surface area contributed by atoms with Crippen molar-refractivity contribution in [3.63, 3.8) is 0 Å². The number of para-hydroxylation sites is 1. The van der Waals surface area contributed by atoms with Crippen LogP contribution in [0.4, 0.5) is 18.9 Å². The third kappa shape index (κ3) is 5.02. The molecule has 1 aliphatic heterocycles. The molecule has 1 amide bonds. The van der Waals surface area contributed by atoms with Crippen LogP contribution in [0, 0.1) is 10.1 Å². The van der Waals surface area contributed by atoms with Gasteiger partial charge in [-0.05, 0) is 18.2 Å². The maximum atomic E-state index is 12.9. The number of carbonyl (C=O) groups is 1. The molecule has 0 radical (unpaired) electrons. The molecule has 31 heavy (non-hydrogen) atoms. The fourth-order valence-corrected chi connectivity index (χ4v) is 4.74. The zero-order chi connectivity index (χ0) is 22.8. The van der Waals surface area contributed by atoms with Crippen molar-refractivity contribution in [3.8, 4) is 0 Å². The van der Waals surface area contributed by atoms with E-state index in [1.807, 2.05) is 0 Å². The Balaban J connectivity index is 1.68. The third-order valence-electron chi connectivity index (χ3n) is 4.92. The van der Waals surface area contributed by atoms with Crippen molar-refractivity contribution < 1.29 is 31.3 Å². The van der Waals surface area contributed by atoms with E-state index in [0.29, 0.717) is 6.07 Å². The Bertz CT molecular complexity index is 1100. The second kappa shape index (κ2) is 8.63. The van der Waals surface area contributed by atoms with Crippen LogP contribution in [0.25, 0.3) is 0 Å². The van der Waals surface area contributed by atoms with E-state index >= 15 is 0 Å². The fourth-order valence-electron chi connectivity index (χ4n) is 3.27. The minimum absolute atomic E-state index is 0.0255. The molecule has 3 rings (SSSR count). The van der Waals surface area contributed by atoms with Crippen LogP contribution in [-0.2, 0) is 27.4 Å². The topological polar surface area (TPSA) is 101 Å². The van der Waals surface area contributed by atoms with Crippen LogP contribution >= 0.6 is 0 Å². The highest BCUT2D eigenvalue weighted by atomic mass is 32.2. The van der Waals surface area contributed by atoms with Crippen LogP contribution < -0.4 is 0 Å². The highest BCUT2D eigenvalue weighted by Crippen LogP contribution is 2.31. The average molecular weight is 457 g/mol. The van der Waals surface area contributed by atoms with Gasteiger partial charge in [0.05, 0.1) is 21.8 Å². The zero-order valence-electron chi connectivity index (χ0n) is 16.1. The summed E-state index contributed by atoms with van der Waals surface area (Å²) in [7, 11) is -4.16. The minimum atomic E-state index is -4.67. The SMILES string of the molecule is O=C(Cc1ccccc1[N+](=O)[O-])N1CCN(S(=O)(=O)c2cccc(C(F)(F)F)c2)CC1. The van der Waals surface area contributed by atoms with Gasteiger partial charge in [0.25, 0.3) is 5.69 Å². The second-order valence-corrected chi connectivity index (χ2v) is 8.81. The summed E-state index contributed by atoms with van der Waals surface area (Å²) in [6, 6.07) is 9.34. The minimum Gasteiger partial charge on any atom is -0.340 e. The van der Waals surface area contributed by atoms with Crippen LogP contribution in [-0.4, -0.2) is 54.6 Å². The molecule has 0 bridgehead atoms. The largest absolute Gasteiger partial charge is 0.416 e. The zero-order valence-corrected chi connectivity index (χ0v) is 16.9. The number of halogens is 3. The smallest absolute Gasteiger partial charge is 0.340 e. The summed E-state index contributed by atoms with van der Waals surface area (Å²) < 4.78 is 65.2. The van der Waals surface area contributed by atoms with Crippen molar-refractivity contribution in [2.24, 2.45) is 0 Å². The summed E-state index contributed by atoms with van der Waals surface area (Å²) in [4.78, 5) is 24.0. The fraction of sp³-hybridized carbons (Fsp3) is 0.316. The summed E-state index contributed by atoms with van der Waals surface area (Å²) in [5.41, 5.74) is -0.995. The van der Waals surface area contributed by atoms with E-state index in [9.17, 15) is 36.5 Å². The number of alkyl halides is 3. The van der Waals surface area contributed by atoms with Gasteiger partial charge in [-0.15, -0.1) is 0 Å². The lowest BCUT2D eigenvalue weighted by Gasteiger charge is -2.34. The molecule has 2 aromatic carbocycles. The van der Waals surface area contributed by atoms with Gasteiger partial charge >= 0.3 is 6.18 Å². The Morgan fingerprint density at radius 2 is 1.68 bits per heavy atom. The lowest BCUT2D eigenvalue weighted by Crippen LogP contribution is -2.50. The first-order valence-electron chi connectivity index (χ1n) is 9.17. The highest BCUT2D eigenvalue weighted by molar-refractivity contribution is 7.89. The number of nitrogens with zero attached hydrogens (tertiary/aromatic N) is 3. The molecule has 0 unspecified atom stereocenters. The number of benzene rings is 2. The molecule has 8 nitrogen and oxygen atoms in total. The van der Waals surface area contributed by atoms with Crippen molar-refractivity contribution in [2.45, 2.75) is 17.5 Å². The molecule has 1 saturated heterocycles. The Kier molecular flexibility index (Phi) is 6.32. The molecule has 12 heteroatoms. The summed E-state index contributed by atoms with van der Waals surface area (Å²) in [6.07, 6.45) is -4.88. The first-order valence-corrected chi connectivity index (χ1v) is 10.6. The van der Waals surface area contributed by atoms with Gasteiger partial charge in [-0.25, -0.2) is 8.42 Å². The molecule has 2 aromatic rings. The van der Waals surface area contributed by atoms with E-state index < -0.39 is 37.5 Å². The molecule has 0 N–H and O–H groups in total. The van der Waals surface area contributed by atoms with E-state index in [0.717, 1.165) is 22.5 Å². The lowest BCUT2D eigenvalue weighted by molar-refractivity contribution is -0.385. The molecule has 1 aliphatic rings. The number of piperazine rings is 1. The normalized spacial score (nSPS) is 15.6. The molecular formula is C19H18F3N3O5S. The van der Waals surface area contributed by atoms with E-state index in [1.54, 1.807) is 6.07 Å². The molecule has 0 spiro atoms. The number of nitro groups is 1. The van der Waals surface area contributed by atoms with Gasteiger partial charge in [0, 0.05) is 37.8 Å². The highest BCUT2D eigenvalue weighted by Gasteiger charge is 2.34. The van der Waals surface area contributed by atoms with E-state index in [2.05, 4.69) is 0 Å². The van der Waals surface area contributed by atoms with Crippen LogP contribution in [0.15, 0.2) is 53.4 Å². The summed E-state index contributed by atoms with van der Waals surface area (Å²) in [6.45, 7) is -0.141. The maximum absolute atomic E-state index is 12.9. The molecular weight excluding hydrogens is 439 g/mol. The summed E-state index contributed by atoms with van der Waals surface area (Å²) in [5.74, 6) is -0.398. The number of amides is 1. The number of nitro benzene ring substituents is 1. The number of sulfonamides is 1. The molecule has 0 aliphatic carbocycles. The Morgan fingerprint density at radius 3 is 2.29 bits per heavy atom. The Hall–Kier alpha value is -2.99. The molecule has 0 aromatic heterocycles. The summed E-state index contributed by atoms with van der Waals surface area (Å²) >= 11 is 0. The van der Waals surface area contributed by atoms with Crippen molar-refractivity contribution in [2.75, 3.05) is 26.2 Å². The van der Waals surface area contributed by atoms with Gasteiger partial charge < -0.3 is 4.90 Å². The average Bonchev–Trinajstić information content (AvgIpc) is 2.73. The molecule has 0 atom stereocenters. The molecule has 1 heterocycles. The predicted molar refractivity (Wildman–Crippen MR) is 104 cm³/mol. The van der Waals surface area contributed by atoms with E-state index in [4.69, 9.17) is 0 Å². The van der Waals surface area contributed by atoms with Crippen molar-refractivity contribution >= 4 is 21.6 Å².